The average molecular weight is 311 g/mol. The molecule has 1 aliphatic carbocycles. The highest BCUT2D eigenvalue weighted by Gasteiger charge is 2.32. The maximum atomic E-state index is 13.2. The van der Waals surface area contributed by atoms with Crippen LogP contribution < -0.4 is 5.32 Å². The molecule has 0 aromatic heterocycles. The van der Waals surface area contributed by atoms with Crippen LogP contribution >= 0.6 is 0 Å². The molecule has 0 unspecified atom stereocenters. The average Bonchev–Trinajstić information content (AvgIpc) is 2.51. The number of esters is 1. The number of benzene rings is 1. The summed E-state index contributed by atoms with van der Waals surface area (Å²) in [4.78, 5) is 24.1. The summed E-state index contributed by atoms with van der Waals surface area (Å²) in [6.45, 7) is 0. The van der Waals surface area contributed by atoms with Crippen LogP contribution in [0.15, 0.2) is 18.2 Å². The topological polar surface area (TPSA) is 55.4 Å². The first-order valence-electron chi connectivity index (χ1n) is 7.36. The van der Waals surface area contributed by atoms with E-state index in [1.807, 2.05) is 0 Å². The molecule has 1 aliphatic rings. The lowest BCUT2D eigenvalue weighted by Crippen LogP contribution is -2.47. The minimum atomic E-state index is -0.836. The number of amides is 1. The number of carbonyl (C=O) groups excluding carboxylic acids is 2. The second-order valence-electron chi connectivity index (χ2n) is 5.53. The molecule has 1 fully saturated rings. The van der Waals surface area contributed by atoms with Gasteiger partial charge in [0.25, 0.3) is 5.91 Å². The predicted molar refractivity (Wildman–Crippen MR) is 76.2 cm³/mol. The number of hydrogen-bond donors (Lipinski definition) is 1. The van der Waals surface area contributed by atoms with E-state index >= 15 is 0 Å². The van der Waals surface area contributed by atoms with Crippen molar-refractivity contribution in [2.24, 2.45) is 5.92 Å². The second-order valence-corrected chi connectivity index (χ2v) is 5.53. The molecule has 1 aromatic carbocycles. The van der Waals surface area contributed by atoms with Crippen molar-refractivity contribution in [1.82, 2.24) is 5.32 Å². The largest absolute Gasteiger partial charge is 0.467 e. The van der Waals surface area contributed by atoms with Crippen LogP contribution in [0.25, 0.3) is 0 Å². The van der Waals surface area contributed by atoms with Crippen molar-refractivity contribution >= 4 is 11.9 Å². The fraction of sp³-hybridized carbons (Fsp3) is 0.500. The molecule has 0 aliphatic heterocycles. The van der Waals surface area contributed by atoms with Crippen LogP contribution in [0.5, 0.6) is 0 Å². The number of methoxy groups -OCH3 is 1. The molecule has 2 rings (SSSR count). The van der Waals surface area contributed by atoms with Gasteiger partial charge >= 0.3 is 5.97 Å². The number of nitrogens with one attached hydrogen (secondary N) is 1. The van der Waals surface area contributed by atoms with Crippen LogP contribution in [0, 0.1) is 17.6 Å². The standard InChI is InChI=1S/C16H19F2NO3/c1-22-16(21)14(10-5-3-2-4-6-10)19-15(20)11-7-12(17)9-13(18)8-11/h7-10,14H,2-6H2,1H3,(H,19,20)/t14-/m0/s1. The van der Waals surface area contributed by atoms with Crippen LogP contribution in [-0.2, 0) is 9.53 Å². The highest BCUT2D eigenvalue weighted by atomic mass is 19.1. The predicted octanol–water partition coefficient (Wildman–Crippen LogP) is 2.82. The highest BCUT2D eigenvalue weighted by Crippen LogP contribution is 2.27. The summed E-state index contributed by atoms with van der Waals surface area (Å²) in [7, 11) is 1.26. The lowest BCUT2D eigenvalue weighted by molar-refractivity contribution is -0.144. The van der Waals surface area contributed by atoms with Crippen LogP contribution in [0.4, 0.5) is 8.78 Å². The van der Waals surface area contributed by atoms with Crippen molar-refractivity contribution in [2.45, 2.75) is 38.1 Å². The zero-order valence-corrected chi connectivity index (χ0v) is 12.4. The Bertz CT molecular complexity index is 536. The molecule has 0 spiro atoms. The van der Waals surface area contributed by atoms with Gasteiger partial charge in [-0.25, -0.2) is 13.6 Å². The zero-order valence-electron chi connectivity index (χ0n) is 12.4. The van der Waals surface area contributed by atoms with E-state index in [9.17, 15) is 18.4 Å². The molecule has 0 bridgehead atoms. The van der Waals surface area contributed by atoms with Gasteiger partial charge in [-0.1, -0.05) is 19.3 Å². The van der Waals surface area contributed by atoms with E-state index in [2.05, 4.69) is 5.32 Å². The number of carbonyl (C=O) groups is 2. The van der Waals surface area contributed by atoms with Crippen LogP contribution in [0.2, 0.25) is 0 Å². The SMILES string of the molecule is COC(=O)[C@@H](NC(=O)c1cc(F)cc(F)c1)C1CCCCC1. The third kappa shape index (κ3) is 4.02. The summed E-state index contributed by atoms with van der Waals surface area (Å²) in [5.41, 5.74) is -0.151. The van der Waals surface area contributed by atoms with E-state index in [1.54, 1.807) is 0 Å². The van der Waals surface area contributed by atoms with Gasteiger partial charge in [-0.15, -0.1) is 0 Å². The molecule has 1 saturated carbocycles. The van der Waals surface area contributed by atoms with E-state index in [0.29, 0.717) is 6.07 Å². The van der Waals surface area contributed by atoms with Gasteiger partial charge in [0.15, 0.2) is 0 Å². The van der Waals surface area contributed by atoms with Crippen molar-refractivity contribution < 1.29 is 23.1 Å². The maximum Gasteiger partial charge on any atom is 0.328 e. The molecule has 0 radical (unpaired) electrons. The Morgan fingerprint density at radius 1 is 1.14 bits per heavy atom. The highest BCUT2D eigenvalue weighted by molar-refractivity contribution is 5.96. The Kier molecular flexibility index (Phi) is 5.46. The van der Waals surface area contributed by atoms with E-state index in [4.69, 9.17) is 4.74 Å². The third-order valence-electron chi connectivity index (χ3n) is 3.99. The van der Waals surface area contributed by atoms with Gasteiger partial charge in [-0.05, 0) is 30.9 Å². The van der Waals surface area contributed by atoms with Crippen molar-refractivity contribution in [3.63, 3.8) is 0 Å². The first-order chi connectivity index (χ1) is 10.5. The smallest absolute Gasteiger partial charge is 0.328 e. The molecule has 4 nitrogen and oxygen atoms in total. The van der Waals surface area contributed by atoms with Crippen molar-refractivity contribution in [3.05, 3.63) is 35.4 Å². The maximum absolute atomic E-state index is 13.2. The minimum absolute atomic E-state index is 0.0106. The molecule has 22 heavy (non-hydrogen) atoms. The van der Waals surface area contributed by atoms with E-state index in [0.717, 1.165) is 44.2 Å². The Morgan fingerprint density at radius 3 is 2.27 bits per heavy atom. The lowest BCUT2D eigenvalue weighted by Gasteiger charge is -2.29. The van der Waals surface area contributed by atoms with Crippen LogP contribution in [0.3, 0.4) is 0 Å². The molecule has 0 saturated heterocycles. The summed E-state index contributed by atoms with van der Waals surface area (Å²) in [6.07, 6.45) is 4.72. The fourth-order valence-corrected chi connectivity index (χ4v) is 2.87. The zero-order chi connectivity index (χ0) is 16.1. The molecule has 1 aromatic rings. The normalized spacial score (nSPS) is 16.9. The number of hydrogen-bond acceptors (Lipinski definition) is 3. The van der Waals surface area contributed by atoms with Gasteiger partial charge in [-0.2, -0.15) is 0 Å². The monoisotopic (exact) mass is 311 g/mol. The third-order valence-corrected chi connectivity index (χ3v) is 3.99. The van der Waals surface area contributed by atoms with Crippen LogP contribution in [0.1, 0.15) is 42.5 Å². The summed E-state index contributed by atoms with van der Waals surface area (Å²) in [6, 6.07) is 1.78. The molecular formula is C16H19F2NO3. The summed E-state index contributed by atoms with van der Waals surface area (Å²) in [5, 5.41) is 2.56. The quantitative estimate of drug-likeness (QED) is 0.870. The van der Waals surface area contributed by atoms with Gasteiger partial charge in [-0.3, -0.25) is 4.79 Å². The molecule has 1 atom stereocenters. The van der Waals surface area contributed by atoms with Gasteiger partial charge in [0.2, 0.25) is 0 Å². The Hall–Kier alpha value is -1.98. The van der Waals surface area contributed by atoms with E-state index < -0.39 is 29.6 Å². The number of rotatable bonds is 4. The summed E-state index contributed by atoms with van der Waals surface area (Å²) in [5.74, 6) is -2.89. The molecular weight excluding hydrogens is 292 g/mol. The number of halogens is 2. The molecule has 1 N–H and O–H groups in total. The summed E-state index contributed by atoms with van der Waals surface area (Å²) < 4.78 is 31.1. The lowest BCUT2D eigenvalue weighted by atomic mass is 9.83. The van der Waals surface area contributed by atoms with E-state index in [1.165, 1.54) is 7.11 Å². The fourth-order valence-electron chi connectivity index (χ4n) is 2.87. The van der Waals surface area contributed by atoms with Crippen molar-refractivity contribution in [3.8, 4) is 0 Å². The van der Waals surface area contributed by atoms with E-state index in [-0.39, 0.29) is 11.5 Å². The van der Waals surface area contributed by atoms with Gasteiger partial charge in [0.1, 0.15) is 17.7 Å². The van der Waals surface area contributed by atoms with Crippen molar-refractivity contribution in [2.75, 3.05) is 7.11 Å². The number of ether oxygens (including phenoxy) is 1. The van der Waals surface area contributed by atoms with Gasteiger partial charge in [0.05, 0.1) is 7.11 Å². The van der Waals surface area contributed by atoms with Crippen molar-refractivity contribution in [1.29, 1.82) is 0 Å². The first-order valence-corrected chi connectivity index (χ1v) is 7.36. The Balaban J connectivity index is 2.14. The molecule has 1 amide bonds. The minimum Gasteiger partial charge on any atom is -0.467 e. The molecule has 6 heteroatoms. The summed E-state index contributed by atoms with van der Waals surface area (Å²) >= 11 is 0. The molecule has 120 valence electrons. The Morgan fingerprint density at radius 2 is 1.73 bits per heavy atom. The van der Waals surface area contributed by atoms with Gasteiger partial charge in [0, 0.05) is 11.6 Å². The Labute approximate surface area is 127 Å². The van der Waals surface area contributed by atoms with Crippen LogP contribution in [-0.4, -0.2) is 25.0 Å². The first kappa shape index (κ1) is 16.4. The second kappa shape index (κ2) is 7.33. The molecule has 0 heterocycles. The van der Waals surface area contributed by atoms with Gasteiger partial charge < -0.3 is 10.1 Å².